The monoisotopic (exact) mass is 448 g/mol. The second kappa shape index (κ2) is 9.92. The first-order chi connectivity index (χ1) is 15.5. The molecule has 1 aliphatic heterocycles. The smallest absolute Gasteiger partial charge is 0.259 e. The first-order valence-corrected chi connectivity index (χ1v) is 11.1. The Morgan fingerprint density at radius 1 is 1.12 bits per heavy atom. The molecule has 1 aliphatic rings. The molecule has 1 N–H and O–H groups in total. The summed E-state index contributed by atoms with van der Waals surface area (Å²) in [6.07, 6.45) is 4.25. The number of hydrogen-bond donors (Lipinski definition) is 1. The lowest BCUT2D eigenvalue weighted by Crippen LogP contribution is -2.32. The summed E-state index contributed by atoms with van der Waals surface area (Å²) in [7, 11) is 0. The summed E-state index contributed by atoms with van der Waals surface area (Å²) >= 11 is 5.95. The number of nitrogens with zero attached hydrogens (tertiary/aromatic N) is 3. The van der Waals surface area contributed by atoms with E-state index in [2.05, 4.69) is 15.3 Å². The zero-order valence-electron chi connectivity index (χ0n) is 17.9. The van der Waals surface area contributed by atoms with Crippen LogP contribution < -0.4 is 5.32 Å². The molecule has 0 bridgehead atoms. The Labute approximate surface area is 192 Å². The van der Waals surface area contributed by atoms with E-state index in [1.165, 1.54) is 0 Å². The van der Waals surface area contributed by atoms with Crippen molar-refractivity contribution in [2.24, 2.45) is 0 Å². The maximum Gasteiger partial charge on any atom is 0.259 e. The van der Waals surface area contributed by atoms with E-state index in [1.54, 1.807) is 13.1 Å². The largest absolute Gasteiger partial charge is 0.334 e. The highest BCUT2D eigenvalue weighted by molar-refractivity contribution is 6.30. The fourth-order valence-corrected chi connectivity index (χ4v) is 4.16. The predicted octanol–water partition coefficient (Wildman–Crippen LogP) is 4.99. The maximum atomic E-state index is 13.1. The average molecular weight is 449 g/mol. The molecule has 0 radical (unpaired) electrons. The molecule has 1 aromatic heterocycles. The summed E-state index contributed by atoms with van der Waals surface area (Å²) in [5.41, 5.74) is 2.79. The highest BCUT2D eigenvalue weighted by Crippen LogP contribution is 2.33. The third-order valence-electron chi connectivity index (χ3n) is 5.64. The molecular weight excluding hydrogens is 424 g/mol. The van der Waals surface area contributed by atoms with Crippen LogP contribution in [0.3, 0.4) is 0 Å². The van der Waals surface area contributed by atoms with Crippen molar-refractivity contribution in [1.82, 2.24) is 14.9 Å². The third-order valence-corrected chi connectivity index (χ3v) is 5.90. The van der Waals surface area contributed by atoms with Gasteiger partial charge in [0.2, 0.25) is 5.91 Å². The highest BCUT2D eigenvalue weighted by Gasteiger charge is 2.33. The minimum atomic E-state index is -0.272. The minimum Gasteiger partial charge on any atom is -0.334 e. The van der Waals surface area contributed by atoms with Gasteiger partial charge in [-0.25, -0.2) is 9.97 Å². The molecule has 4 rings (SSSR count). The van der Waals surface area contributed by atoms with Crippen LogP contribution in [0.5, 0.6) is 0 Å². The lowest BCUT2D eigenvalue weighted by Gasteiger charge is -2.26. The van der Waals surface area contributed by atoms with Gasteiger partial charge in [0.05, 0.1) is 17.3 Å². The molecule has 2 aromatic carbocycles. The van der Waals surface area contributed by atoms with Crippen LogP contribution in [-0.4, -0.2) is 33.2 Å². The van der Waals surface area contributed by atoms with E-state index < -0.39 is 0 Å². The first-order valence-electron chi connectivity index (χ1n) is 10.7. The molecule has 1 atom stereocenters. The van der Waals surface area contributed by atoms with Crippen LogP contribution in [0.25, 0.3) is 0 Å². The van der Waals surface area contributed by atoms with Gasteiger partial charge in [-0.05, 0) is 56.0 Å². The Bertz CT molecular complexity index is 1100. The molecule has 164 valence electrons. The number of benzene rings is 2. The molecule has 2 amide bonds. The zero-order valence-corrected chi connectivity index (χ0v) is 18.7. The van der Waals surface area contributed by atoms with Gasteiger partial charge < -0.3 is 10.2 Å². The summed E-state index contributed by atoms with van der Waals surface area (Å²) in [6, 6.07) is 16.6. The van der Waals surface area contributed by atoms with E-state index in [9.17, 15) is 9.59 Å². The van der Waals surface area contributed by atoms with Crippen molar-refractivity contribution in [3.63, 3.8) is 0 Å². The van der Waals surface area contributed by atoms with E-state index in [1.807, 2.05) is 59.5 Å². The van der Waals surface area contributed by atoms with Gasteiger partial charge in [-0.15, -0.1) is 0 Å². The first kappa shape index (κ1) is 22.0. The molecule has 7 heteroatoms. The molecule has 0 aliphatic carbocycles. The van der Waals surface area contributed by atoms with Crippen LogP contribution in [0.2, 0.25) is 5.02 Å². The number of aromatic nitrogens is 2. The zero-order chi connectivity index (χ0) is 22.5. The molecule has 0 saturated carbocycles. The number of aryl methyl sites for hydroxylation is 2. The number of amides is 2. The van der Waals surface area contributed by atoms with Gasteiger partial charge in [0.1, 0.15) is 5.82 Å². The number of nitrogens with one attached hydrogen (secondary N) is 1. The SMILES string of the molecule is Cc1ncc(C(=O)Nc2ccccc2)c(C2CCCN2C(=O)CCc2ccc(Cl)cc2)n1. The van der Waals surface area contributed by atoms with Crippen molar-refractivity contribution in [3.05, 3.63) is 88.5 Å². The number of carbonyl (C=O) groups excluding carboxylic acids is 2. The fraction of sp³-hybridized carbons (Fsp3) is 0.280. The summed E-state index contributed by atoms with van der Waals surface area (Å²) in [5, 5.41) is 3.58. The van der Waals surface area contributed by atoms with E-state index >= 15 is 0 Å². The van der Waals surface area contributed by atoms with Crippen molar-refractivity contribution >= 4 is 29.1 Å². The minimum absolute atomic E-state index is 0.0631. The van der Waals surface area contributed by atoms with Crippen molar-refractivity contribution < 1.29 is 9.59 Å². The van der Waals surface area contributed by atoms with Crippen molar-refractivity contribution in [2.45, 2.75) is 38.6 Å². The maximum absolute atomic E-state index is 13.1. The fourth-order valence-electron chi connectivity index (χ4n) is 4.03. The van der Waals surface area contributed by atoms with Gasteiger partial charge in [0.25, 0.3) is 5.91 Å². The van der Waals surface area contributed by atoms with Crippen molar-refractivity contribution in [1.29, 1.82) is 0 Å². The number of hydrogen-bond acceptors (Lipinski definition) is 4. The summed E-state index contributed by atoms with van der Waals surface area (Å²) in [4.78, 5) is 36.8. The standard InChI is InChI=1S/C25H25ClN4O2/c1-17-27-16-21(25(32)29-20-6-3-2-4-7-20)24(28-17)22-8-5-15-30(22)23(31)14-11-18-9-12-19(26)13-10-18/h2-4,6-7,9-10,12-13,16,22H,5,8,11,14-15H2,1H3,(H,29,32). The Hall–Kier alpha value is -3.25. The van der Waals surface area contributed by atoms with Crippen LogP contribution in [-0.2, 0) is 11.2 Å². The highest BCUT2D eigenvalue weighted by atomic mass is 35.5. The average Bonchev–Trinajstić information content (AvgIpc) is 3.29. The number of para-hydroxylation sites is 1. The van der Waals surface area contributed by atoms with Crippen molar-refractivity contribution in [2.75, 3.05) is 11.9 Å². The molecular formula is C25H25ClN4O2. The van der Waals surface area contributed by atoms with E-state index in [4.69, 9.17) is 11.6 Å². The Morgan fingerprint density at radius 3 is 2.62 bits per heavy atom. The van der Waals surface area contributed by atoms with Gasteiger partial charge >= 0.3 is 0 Å². The van der Waals surface area contributed by atoms with Gasteiger partial charge in [0.15, 0.2) is 0 Å². The molecule has 3 aromatic rings. The normalized spacial score (nSPS) is 15.6. The molecule has 1 fully saturated rings. The van der Waals surface area contributed by atoms with Gasteiger partial charge in [0, 0.05) is 29.9 Å². The van der Waals surface area contributed by atoms with E-state index in [0.29, 0.717) is 47.2 Å². The summed E-state index contributed by atoms with van der Waals surface area (Å²) in [6.45, 7) is 2.46. The van der Waals surface area contributed by atoms with Crippen LogP contribution in [0.15, 0.2) is 60.8 Å². The summed E-state index contributed by atoms with van der Waals surface area (Å²) in [5.74, 6) is 0.372. The number of likely N-dealkylation sites (tertiary alicyclic amines) is 1. The number of carbonyl (C=O) groups is 2. The Balaban J connectivity index is 1.52. The van der Waals surface area contributed by atoms with Gasteiger partial charge in [-0.2, -0.15) is 0 Å². The summed E-state index contributed by atoms with van der Waals surface area (Å²) < 4.78 is 0. The van der Waals surface area contributed by atoms with Crippen molar-refractivity contribution in [3.8, 4) is 0 Å². The molecule has 6 nitrogen and oxygen atoms in total. The Morgan fingerprint density at radius 2 is 1.88 bits per heavy atom. The predicted molar refractivity (Wildman–Crippen MR) is 125 cm³/mol. The molecule has 0 spiro atoms. The molecule has 32 heavy (non-hydrogen) atoms. The Kier molecular flexibility index (Phi) is 6.81. The number of rotatable bonds is 6. The van der Waals surface area contributed by atoms with E-state index in [-0.39, 0.29) is 17.9 Å². The number of anilines is 1. The van der Waals surface area contributed by atoms with Crippen LogP contribution >= 0.6 is 11.6 Å². The molecule has 1 saturated heterocycles. The lowest BCUT2D eigenvalue weighted by molar-refractivity contribution is -0.132. The molecule has 1 unspecified atom stereocenters. The van der Waals surface area contributed by atoms with Gasteiger partial charge in [-0.1, -0.05) is 41.9 Å². The van der Waals surface area contributed by atoms with E-state index in [0.717, 1.165) is 18.4 Å². The second-order valence-corrected chi connectivity index (χ2v) is 8.34. The van der Waals surface area contributed by atoms with Gasteiger partial charge in [-0.3, -0.25) is 9.59 Å². The lowest BCUT2D eigenvalue weighted by atomic mass is 10.0. The second-order valence-electron chi connectivity index (χ2n) is 7.91. The van der Waals surface area contributed by atoms with Crippen LogP contribution in [0, 0.1) is 6.92 Å². The third kappa shape index (κ3) is 5.14. The topological polar surface area (TPSA) is 75.2 Å². The van der Waals surface area contributed by atoms with Crippen LogP contribution in [0.4, 0.5) is 5.69 Å². The number of halogens is 1. The quantitative estimate of drug-likeness (QED) is 0.576. The molecule has 2 heterocycles. The van der Waals surface area contributed by atoms with Crippen LogP contribution in [0.1, 0.15) is 52.7 Å².